The third-order valence-electron chi connectivity index (χ3n) is 4.30. The molecule has 30 heavy (non-hydrogen) atoms. The zero-order chi connectivity index (χ0) is 22.3. The van der Waals surface area contributed by atoms with Crippen LogP contribution in [0.3, 0.4) is 0 Å². The summed E-state index contributed by atoms with van der Waals surface area (Å²) in [6.07, 6.45) is 0. The molecule has 8 heteroatoms. The van der Waals surface area contributed by atoms with Crippen molar-refractivity contribution in [3.05, 3.63) is 57.6 Å². The maximum Gasteiger partial charge on any atom is 0.258 e. The van der Waals surface area contributed by atoms with Gasteiger partial charge in [0.15, 0.2) is 18.1 Å². The van der Waals surface area contributed by atoms with Crippen LogP contribution in [0.15, 0.2) is 36.4 Å². The van der Waals surface area contributed by atoms with Gasteiger partial charge in [-0.05, 0) is 49.7 Å². The minimum Gasteiger partial charge on any atom is -0.493 e. The predicted molar refractivity (Wildman–Crippen MR) is 119 cm³/mol. The average molecular weight is 453 g/mol. The van der Waals surface area contributed by atoms with Gasteiger partial charge in [0.05, 0.1) is 7.11 Å². The first-order chi connectivity index (χ1) is 14.2. The number of ether oxygens (including phenoxy) is 2. The molecule has 2 N–H and O–H groups in total. The minimum absolute atomic E-state index is 0.0251. The van der Waals surface area contributed by atoms with Crippen molar-refractivity contribution in [3.8, 4) is 11.5 Å². The lowest BCUT2D eigenvalue weighted by Gasteiger charge is -2.17. The van der Waals surface area contributed by atoms with Crippen molar-refractivity contribution in [2.75, 3.05) is 20.3 Å². The van der Waals surface area contributed by atoms with Gasteiger partial charge in [0, 0.05) is 34.1 Å². The quantitative estimate of drug-likeness (QED) is 0.589. The molecule has 0 saturated heterocycles. The predicted octanol–water partition coefficient (Wildman–Crippen LogP) is 4.44. The number of carbonyl (C=O) groups excluding carboxylic acids is 2. The molecule has 0 bridgehead atoms. The van der Waals surface area contributed by atoms with Crippen molar-refractivity contribution < 1.29 is 19.1 Å². The summed E-state index contributed by atoms with van der Waals surface area (Å²) < 4.78 is 10.8. The fraction of sp³-hybridized carbons (Fsp3) is 0.364. The van der Waals surface area contributed by atoms with Crippen molar-refractivity contribution in [1.29, 1.82) is 0 Å². The van der Waals surface area contributed by atoms with Crippen molar-refractivity contribution in [1.82, 2.24) is 10.6 Å². The van der Waals surface area contributed by atoms with Gasteiger partial charge in [0.25, 0.3) is 11.8 Å². The van der Waals surface area contributed by atoms with Crippen LogP contribution in [-0.4, -0.2) is 38.1 Å². The van der Waals surface area contributed by atoms with Gasteiger partial charge in [-0.1, -0.05) is 36.2 Å². The molecule has 1 atom stereocenters. The Kier molecular flexibility index (Phi) is 8.81. The average Bonchev–Trinajstić information content (AvgIpc) is 2.69. The Morgan fingerprint density at radius 2 is 1.70 bits per heavy atom. The molecule has 0 spiro atoms. The highest BCUT2D eigenvalue weighted by atomic mass is 35.5. The molecule has 2 aromatic rings. The fourth-order valence-corrected chi connectivity index (χ4v) is 3.64. The number of halogens is 2. The summed E-state index contributed by atoms with van der Waals surface area (Å²) in [5, 5.41) is 6.75. The number of carbonyl (C=O) groups is 2. The van der Waals surface area contributed by atoms with E-state index >= 15 is 0 Å². The van der Waals surface area contributed by atoms with Crippen LogP contribution in [0.5, 0.6) is 11.5 Å². The smallest absolute Gasteiger partial charge is 0.258 e. The van der Waals surface area contributed by atoms with Gasteiger partial charge < -0.3 is 20.1 Å². The molecule has 0 fully saturated rings. The zero-order valence-corrected chi connectivity index (χ0v) is 18.9. The fourth-order valence-electron chi connectivity index (χ4n) is 2.87. The lowest BCUT2D eigenvalue weighted by Crippen LogP contribution is -2.34. The molecule has 2 rings (SSSR count). The first-order valence-corrected chi connectivity index (χ1v) is 10.3. The number of methoxy groups -OCH3 is 1. The first-order valence-electron chi connectivity index (χ1n) is 9.55. The van der Waals surface area contributed by atoms with Crippen LogP contribution >= 0.6 is 23.2 Å². The normalized spacial score (nSPS) is 11.7. The molecule has 0 aliphatic rings. The molecule has 162 valence electrons. The summed E-state index contributed by atoms with van der Waals surface area (Å²) in [7, 11) is 1.47. The Bertz CT molecular complexity index is 882. The summed E-state index contributed by atoms with van der Waals surface area (Å²) in [5.74, 6) is 0.166. The maximum atomic E-state index is 12.6. The standard InChI is InChI=1S/C22H26Cl2N2O4/c1-13(2)26-20(27)12-30-18-9-8-15(10-19(18)29-4)22(28)25-11-14(3)21-16(23)6-5-7-17(21)24/h5-10,13-14H,11-12H2,1-4H3,(H,25,28)(H,26,27). The Morgan fingerprint density at radius 3 is 2.30 bits per heavy atom. The van der Waals surface area contributed by atoms with E-state index in [1.54, 1.807) is 36.4 Å². The lowest BCUT2D eigenvalue weighted by molar-refractivity contribution is -0.123. The van der Waals surface area contributed by atoms with E-state index in [4.69, 9.17) is 32.7 Å². The van der Waals surface area contributed by atoms with Crippen molar-refractivity contribution in [2.45, 2.75) is 32.7 Å². The molecule has 6 nitrogen and oxygen atoms in total. The highest BCUT2D eigenvalue weighted by molar-refractivity contribution is 6.36. The van der Waals surface area contributed by atoms with Crippen molar-refractivity contribution in [2.24, 2.45) is 0 Å². The van der Waals surface area contributed by atoms with Gasteiger partial charge in [-0.2, -0.15) is 0 Å². The number of hydrogen-bond donors (Lipinski definition) is 2. The second kappa shape index (κ2) is 11.1. The van der Waals surface area contributed by atoms with Crippen LogP contribution in [0.4, 0.5) is 0 Å². The second-order valence-electron chi connectivity index (χ2n) is 7.12. The summed E-state index contributed by atoms with van der Waals surface area (Å²) in [6.45, 7) is 5.89. The number of rotatable bonds is 9. The summed E-state index contributed by atoms with van der Waals surface area (Å²) in [4.78, 5) is 24.3. The number of benzene rings is 2. The monoisotopic (exact) mass is 452 g/mol. The topological polar surface area (TPSA) is 76.7 Å². The van der Waals surface area contributed by atoms with E-state index < -0.39 is 0 Å². The van der Waals surface area contributed by atoms with Gasteiger partial charge in [-0.25, -0.2) is 0 Å². The molecular weight excluding hydrogens is 427 g/mol. The van der Waals surface area contributed by atoms with Crippen LogP contribution in [0.2, 0.25) is 10.0 Å². The third kappa shape index (κ3) is 6.54. The van der Waals surface area contributed by atoms with Gasteiger partial charge in [-0.3, -0.25) is 9.59 Å². The van der Waals surface area contributed by atoms with Crippen LogP contribution in [0.25, 0.3) is 0 Å². The van der Waals surface area contributed by atoms with Crippen molar-refractivity contribution >= 4 is 35.0 Å². The van der Waals surface area contributed by atoms with E-state index in [0.717, 1.165) is 5.56 Å². The van der Waals surface area contributed by atoms with E-state index in [-0.39, 0.29) is 30.4 Å². The van der Waals surface area contributed by atoms with E-state index in [1.165, 1.54) is 7.11 Å². The van der Waals surface area contributed by atoms with Crippen molar-refractivity contribution in [3.63, 3.8) is 0 Å². The molecule has 0 aliphatic heterocycles. The lowest BCUT2D eigenvalue weighted by atomic mass is 10.0. The molecule has 0 aromatic heterocycles. The third-order valence-corrected chi connectivity index (χ3v) is 4.95. The van der Waals surface area contributed by atoms with Crippen LogP contribution < -0.4 is 20.1 Å². The molecule has 0 aliphatic carbocycles. The molecule has 0 saturated carbocycles. The number of amides is 2. The van der Waals surface area contributed by atoms with Gasteiger partial charge >= 0.3 is 0 Å². The molecule has 0 heterocycles. The van der Waals surface area contributed by atoms with E-state index in [0.29, 0.717) is 33.7 Å². The van der Waals surface area contributed by atoms with E-state index in [1.807, 2.05) is 20.8 Å². The molecule has 2 amide bonds. The highest BCUT2D eigenvalue weighted by Gasteiger charge is 2.17. The zero-order valence-electron chi connectivity index (χ0n) is 17.4. The Hall–Kier alpha value is -2.44. The number of hydrogen-bond acceptors (Lipinski definition) is 4. The minimum atomic E-state index is -0.271. The second-order valence-corrected chi connectivity index (χ2v) is 7.94. The van der Waals surface area contributed by atoms with Crippen LogP contribution in [-0.2, 0) is 4.79 Å². The van der Waals surface area contributed by atoms with Crippen LogP contribution in [0, 0.1) is 0 Å². The van der Waals surface area contributed by atoms with E-state index in [2.05, 4.69) is 10.6 Å². The Balaban J connectivity index is 2.01. The Labute approximate surface area is 186 Å². The number of nitrogens with one attached hydrogen (secondary N) is 2. The Morgan fingerprint density at radius 1 is 1.03 bits per heavy atom. The van der Waals surface area contributed by atoms with Gasteiger partial charge in [0.1, 0.15) is 0 Å². The molecule has 2 aromatic carbocycles. The van der Waals surface area contributed by atoms with Gasteiger partial charge in [-0.15, -0.1) is 0 Å². The highest BCUT2D eigenvalue weighted by Crippen LogP contribution is 2.31. The summed E-state index contributed by atoms with van der Waals surface area (Å²) in [5.41, 5.74) is 1.20. The molecule has 0 radical (unpaired) electrons. The maximum absolute atomic E-state index is 12.6. The summed E-state index contributed by atoms with van der Waals surface area (Å²) >= 11 is 12.5. The van der Waals surface area contributed by atoms with E-state index in [9.17, 15) is 9.59 Å². The van der Waals surface area contributed by atoms with Gasteiger partial charge in [0.2, 0.25) is 0 Å². The van der Waals surface area contributed by atoms with Crippen LogP contribution in [0.1, 0.15) is 42.6 Å². The SMILES string of the molecule is COc1cc(C(=O)NCC(C)c2c(Cl)cccc2Cl)ccc1OCC(=O)NC(C)C. The summed E-state index contributed by atoms with van der Waals surface area (Å²) in [6, 6.07) is 10.1. The molecular formula is C22H26Cl2N2O4. The largest absolute Gasteiger partial charge is 0.493 e. The first kappa shape index (κ1) is 23.8. The molecule has 1 unspecified atom stereocenters.